The van der Waals surface area contributed by atoms with Gasteiger partial charge in [0.2, 0.25) is 0 Å². The first-order valence-electron chi connectivity index (χ1n) is 13.1. The molecule has 1 aromatic rings. The number of thioether (sulfide) groups is 1. The highest BCUT2D eigenvalue weighted by molar-refractivity contribution is 8.01. The van der Waals surface area contributed by atoms with Crippen molar-refractivity contribution in [2.45, 2.75) is 120 Å². The molecule has 0 saturated carbocycles. The summed E-state index contributed by atoms with van der Waals surface area (Å²) >= 11 is 1.63. The molecule has 0 saturated heterocycles. The van der Waals surface area contributed by atoms with Gasteiger partial charge in [-0.2, -0.15) is 0 Å². The van der Waals surface area contributed by atoms with Crippen molar-refractivity contribution in [1.82, 2.24) is 0 Å². The van der Waals surface area contributed by atoms with Gasteiger partial charge in [0.1, 0.15) is 0 Å². The molecule has 0 aromatic heterocycles. The number of benzene rings is 1. The van der Waals surface area contributed by atoms with Gasteiger partial charge in [-0.3, -0.25) is 0 Å². The number of hydrogen-bond donors (Lipinski definition) is 0. The lowest BCUT2D eigenvalue weighted by molar-refractivity contribution is 0.461. The molecule has 0 aliphatic rings. The minimum absolute atomic E-state index is 0.462. The van der Waals surface area contributed by atoms with Crippen LogP contribution >= 0.6 is 11.8 Å². The molecule has 0 radical (unpaired) electrons. The molecule has 1 rings (SSSR count). The summed E-state index contributed by atoms with van der Waals surface area (Å²) in [6, 6.07) is 7.44. The average molecular weight is 493 g/mol. The highest BCUT2D eigenvalue weighted by Gasteiger charge is 2.41. The zero-order valence-electron chi connectivity index (χ0n) is 21.7. The maximum atomic E-state index is 14.1. The molecule has 188 valence electrons. The summed E-state index contributed by atoms with van der Waals surface area (Å²) in [6.07, 6.45) is 23.4. The molecule has 1 aromatic carbocycles. The zero-order chi connectivity index (χ0) is 24.4. The predicted molar refractivity (Wildman–Crippen MR) is 149 cm³/mol. The fourth-order valence-electron chi connectivity index (χ4n) is 4.37. The van der Waals surface area contributed by atoms with Crippen LogP contribution in [0, 0.1) is 6.92 Å². The summed E-state index contributed by atoms with van der Waals surface area (Å²) in [7, 11) is -3.49. The third-order valence-corrected chi connectivity index (χ3v) is 9.44. The number of allylic oxidation sites excluding steroid dienone is 2. The molecule has 0 spiro atoms. The van der Waals surface area contributed by atoms with E-state index in [1.165, 1.54) is 51.4 Å². The molecule has 0 unspecified atom stereocenters. The Morgan fingerprint density at radius 3 is 1.73 bits per heavy atom. The van der Waals surface area contributed by atoms with Crippen LogP contribution in [0.4, 0.5) is 0 Å². The van der Waals surface area contributed by atoms with E-state index in [9.17, 15) is 8.42 Å². The molecule has 2 nitrogen and oxygen atoms in total. The SMILES string of the molecule is CCCCCCCCC(C=CC=CSC)(CCCCCCCC)S(=O)(=O)c1ccc(C)cc1. The second-order valence-electron chi connectivity index (χ2n) is 9.34. The average Bonchev–Trinajstić information content (AvgIpc) is 2.80. The Hall–Kier alpha value is -1.00. The summed E-state index contributed by atoms with van der Waals surface area (Å²) in [4.78, 5) is 0.462. The summed E-state index contributed by atoms with van der Waals surface area (Å²) < 4.78 is 27.3. The second kappa shape index (κ2) is 17.4. The third-order valence-electron chi connectivity index (χ3n) is 6.50. The number of hydrogen-bond acceptors (Lipinski definition) is 3. The Morgan fingerprint density at radius 2 is 1.24 bits per heavy atom. The molecule has 0 fully saturated rings. The van der Waals surface area contributed by atoms with Crippen molar-refractivity contribution in [2.24, 2.45) is 0 Å². The van der Waals surface area contributed by atoms with Crippen LogP contribution in [0.2, 0.25) is 0 Å². The Kier molecular flexibility index (Phi) is 15.9. The lowest BCUT2D eigenvalue weighted by atomic mass is 9.92. The molecule has 0 amide bonds. The maximum absolute atomic E-state index is 14.1. The fraction of sp³-hybridized carbons (Fsp3) is 0.655. The molecule has 0 aliphatic heterocycles. The van der Waals surface area contributed by atoms with Gasteiger partial charge < -0.3 is 0 Å². The van der Waals surface area contributed by atoms with E-state index in [1.54, 1.807) is 23.9 Å². The minimum Gasteiger partial charge on any atom is -0.223 e. The van der Waals surface area contributed by atoms with Crippen LogP contribution < -0.4 is 0 Å². The Bertz CT molecular complexity index is 760. The smallest absolute Gasteiger partial charge is 0.187 e. The van der Waals surface area contributed by atoms with Gasteiger partial charge in [-0.15, -0.1) is 11.8 Å². The lowest BCUT2D eigenvalue weighted by Crippen LogP contribution is -2.37. The van der Waals surface area contributed by atoms with Crippen molar-refractivity contribution in [3.8, 4) is 0 Å². The third kappa shape index (κ3) is 10.9. The lowest BCUT2D eigenvalue weighted by Gasteiger charge is -2.31. The number of rotatable bonds is 19. The van der Waals surface area contributed by atoms with Crippen LogP contribution in [0.3, 0.4) is 0 Å². The number of sulfone groups is 1. The summed E-state index contributed by atoms with van der Waals surface area (Å²) in [5.41, 5.74) is 1.09. The van der Waals surface area contributed by atoms with Gasteiger partial charge in [0.15, 0.2) is 9.84 Å². The van der Waals surface area contributed by atoms with Crippen molar-refractivity contribution < 1.29 is 8.42 Å². The van der Waals surface area contributed by atoms with E-state index in [1.807, 2.05) is 48.9 Å². The standard InChI is InChI=1S/C29H48O2S2/c1-5-7-9-11-13-15-23-29(25-17-18-26-32-4,24-16-14-12-10-8-6-2)33(30,31)28-21-19-27(3)20-22-28/h17-22,25-26H,5-16,23-24H2,1-4H3. The molecule has 0 N–H and O–H groups in total. The van der Waals surface area contributed by atoms with Crippen LogP contribution in [-0.2, 0) is 9.84 Å². The van der Waals surface area contributed by atoms with Crippen LogP contribution in [0.25, 0.3) is 0 Å². The van der Waals surface area contributed by atoms with E-state index >= 15 is 0 Å². The van der Waals surface area contributed by atoms with E-state index in [2.05, 4.69) is 13.8 Å². The summed E-state index contributed by atoms with van der Waals surface area (Å²) in [6.45, 7) is 6.46. The largest absolute Gasteiger partial charge is 0.223 e. The van der Waals surface area contributed by atoms with Crippen molar-refractivity contribution in [2.75, 3.05) is 6.26 Å². The first kappa shape index (κ1) is 30.0. The van der Waals surface area contributed by atoms with E-state index in [0.29, 0.717) is 17.7 Å². The summed E-state index contributed by atoms with van der Waals surface area (Å²) in [5.74, 6) is 0. The van der Waals surface area contributed by atoms with Gasteiger partial charge >= 0.3 is 0 Å². The van der Waals surface area contributed by atoms with Crippen molar-refractivity contribution in [3.63, 3.8) is 0 Å². The van der Waals surface area contributed by atoms with Crippen LogP contribution in [-0.4, -0.2) is 19.4 Å². The monoisotopic (exact) mass is 492 g/mol. The van der Waals surface area contributed by atoms with E-state index in [-0.39, 0.29) is 0 Å². The van der Waals surface area contributed by atoms with Crippen molar-refractivity contribution in [3.05, 3.63) is 53.5 Å². The van der Waals surface area contributed by atoms with Crippen LogP contribution in [0.15, 0.2) is 52.8 Å². The maximum Gasteiger partial charge on any atom is 0.187 e. The number of unbranched alkanes of at least 4 members (excludes halogenated alkanes) is 10. The topological polar surface area (TPSA) is 34.1 Å². The molecule has 0 bridgehead atoms. The van der Waals surface area contributed by atoms with E-state index in [0.717, 1.165) is 31.2 Å². The number of aryl methyl sites for hydroxylation is 1. The predicted octanol–water partition coefficient (Wildman–Crippen LogP) is 9.44. The zero-order valence-corrected chi connectivity index (χ0v) is 23.3. The van der Waals surface area contributed by atoms with Crippen molar-refractivity contribution >= 4 is 21.6 Å². The van der Waals surface area contributed by atoms with Gasteiger partial charge in [0, 0.05) is 0 Å². The highest BCUT2D eigenvalue weighted by atomic mass is 32.2. The van der Waals surface area contributed by atoms with E-state index in [4.69, 9.17) is 0 Å². The summed E-state index contributed by atoms with van der Waals surface area (Å²) in [5, 5.41) is 2.01. The fourth-order valence-corrected chi connectivity index (χ4v) is 6.66. The van der Waals surface area contributed by atoms with Gasteiger partial charge in [0.05, 0.1) is 9.64 Å². The van der Waals surface area contributed by atoms with Gasteiger partial charge in [-0.25, -0.2) is 8.42 Å². The van der Waals surface area contributed by atoms with Crippen LogP contribution in [0.5, 0.6) is 0 Å². The quantitative estimate of drug-likeness (QED) is 0.142. The van der Waals surface area contributed by atoms with Crippen LogP contribution in [0.1, 0.15) is 109 Å². The molecular formula is C29H48O2S2. The Balaban J connectivity index is 3.16. The van der Waals surface area contributed by atoms with Crippen molar-refractivity contribution in [1.29, 1.82) is 0 Å². The Morgan fingerprint density at radius 1 is 0.758 bits per heavy atom. The Labute approximate surface area is 209 Å². The van der Waals surface area contributed by atoms with E-state index < -0.39 is 14.6 Å². The van der Waals surface area contributed by atoms with Gasteiger partial charge in [-0.05, 0) is 43.6 Å². The van der Waals surface area contributed by atoms with Gasteiger partial charge in [-0.1, -0.05) is 127 Å². The molecule has 4 heteroatoms. The first-order chi connectivity index (χ1) is 15.9. The molecular weight excluding hydrogens is 444 g/mol. The molecule has 0 aliphatic carbocycles. The normalized spacial score (nSPS) is 12.8. The van der Waals surface area contributed by atoms with Gasteiger partial charge in [0.25, 0.3) is 0 Å². The molecule has 0 atom stereocenters. The highest BCUT2D eigenvalue weighted by Crippen LogP contribution is 2.37. The second-order valence-corrected chi connectivity index (χ2v) is 12.4. The first-order valence-corrected chi connectivity index (χ1v) is 15.9. The minimum atomic E-state index is -3.49. The molecule has 33 heavy (non-hydrogen) atoms. The molecule has 0 heterocycles.